The minimum absolute atomic E-state index is 0.115. The van der Waals surface area contributed by atoms with Gasteiger partial charge in [0.1, 0.15) is 12.4 Å². The molecule has 6 nitrogen and oxygen atoms in total. The van der Waals surface area contributed by atoms with Crippen molar-refractivity contribution < 1.29 is 23.8 Å². The Kier molecular flexibility index (Phi) is 7.17. The van der Waals surface area contributed by atoms with Crippen molar-refractivity contribution >= 4 is 12.0 Å². The van der Waals surface area contributed by atoms with E-state index >= 15 is 0 Å². The third-order valence-corrected chi connectivity index (χ3v) is 2.59. The van der Waals surface area contributed by atoms with Crippen molar-refractivity contribution in [2.24, 2.45) is 0 Å². The lowest BCUT2D eigenvalue weighted by Crippen LogP contribution is -2.42. The van der Waals surface area contributed by atoms with Gasteiger partial charge in [-0.15, -0.1) is 0 Å². The number of ether oxygens (including phenoxy) is 1. The molecule has 2 amide bonds. The molecule has 1 rings (SSSR count). The van der Waals surface area contributed by atoms with Crippen LogP contribution in [0, 0.1) is 5.82 Å². The van der Waals surface area contributed by atoms with E-state index in [1.165, 1.54) is 12.1 Å². The topological polar surface area (TPSA) is 87.7 Å². The molecule has 116 valence electrons. The molecule has 1 aromatic carbocycles. The van der Waals surface area contributed by atoms with Gasteiger partial charge in [0.2, 0.25) is 0 Å². The Morgan fingerprint density at radius 1 is 1.33 bits per heavy atom. The molecule has 3 N–H and O–H groups in total. The van der Waals surface area contributed by atoms with Crippen LogP contribution in [-0.4, -0.2) is 42.9 Å². The molecule has 1 unspecified atom stereocenters. The van der Waals surface area contributed by atoms with E-state index in [0.717, 1.165) is 5.56 Å². The van der Waals surface area contributed by atoms with Crippen LogP contribution < -0.4 is 10.6 Å². The number of halogens is 1. The first-order chi connectivity index (χ1) is 9.97. The predicted molar refractivity (Wildman–Crippen MR) is 74.6 cm³/mol. The number of urea groups is 1. The molecule has 0 spiro atoms. The lowest BCUT2D eigenvalue weighted by molar-refractivity contribution is -0.142. The highest BCUT2D eigenvalue weighted by atomic mass is 19.1. The number of aliphatic carboxylic acids is 1. The van der Waals surface area contributed by atoms with Gasteiger partial charge in [-0.2, -0.15) is 0 Å². The molecule has 0 bridgehead atoms. The van der Waals surface area contributed by atoms with Crippen LogP contribution in [0.5, 0.6) is 0 Å². The summed E-state index contributed by atoms with van der Waals surface area (Å²) in [6.07, 6.45) is 0.587. The summed E-state index contributed by atoms with van der Waals surface area (Å²) in [6.45, 7) is 1.81. The Bertz CT molecular complexity index is 465. The van der Waals surface area contributed by atoms with E-state index in [2.05, 4.69) is 10.6 Å². The monoisotopic (exact) mass is 298 g/mol. The number of benzene rings is 1. The molecule has 0 aliphatic heterocycles. The average molecular weight is 298 g/mol. The second kappa shape index (κ2) is 8.91. The zero-order chi connectivity index (χ0) is 15.7. The summed E-state index contributed by atoms with van der Waals surface area (Å²) >= 11 is 0. The highest BCUT2D eigenvalue weighted by Crippen LogP contribution is 2.05. The molecule has 0 aliphatic rings. The molecule has 0 fully saturated rings. The summed E-state index contributed by atoms with van der Waals surface area (Å²) in [5, 5.41) is 13.6. The number of rotatable bonds is 8. The van der Waals surface area contributed by atoms with E-state index in [0.29, 0.717) is 6.42 Å². The fraction of sp³-hybridized carbons (Fsp3) is 0.429. The summed E-state index contributed by atoms with van der Waals surface area (Å²) in [4.78, 5) is 21.7. The Morgan fingerprint density at radius 2 is 2.00 bits per heavy atom. The highest BCUT2D eigenvalue weighted by Gasteiger charge is 2.07. The van der Waals surface area contributed by atoms with Gasteiger partial charge >= 0.3 is 12.0 Å². The molecule has 1 aromatic rings. The quantitative estimate of drug-likeness (QED) is 0.628. The van der Waals surface area contributed by atoms with Gasteiger partial charge in [-0.25, -0.2) is 14.0 Å². The first-order valence-electron chi connectivity index (χ1n) is 6.55. The van der Waals surface area contributed by atoms with Gasteiger partial charge in [0.05, 0.1) is 6.61 Å². The SMILES string of the molecule is CC(Cc1ccc(F)cc1)NC(=O)NCCOCC(=O)O. The molecule has 0 saturated heterocycles. The van der Waals surface area contributed by atoms with Crippen LogP contribution in [0.1, 0.15) is 12.5 Å². The highest BCUT2D eigenvalue weighted by molar-refractivity contribution is 5.74. The number of carbonyl (C=O) groups excluding carboxylic acids is 1. The standard InChI is InChI=1S/C14H19FN2O4/c1-10(8-11-2-4-12(15)5-3-11)17-14(20)16-6-7-21-9-13(18)19/h2-5,10H,6-9H2,1H3,(H,18,19)(H2,16,17,20). The molecular formula is C14H19FN2O4. The minimum atomic E-state index is -1.05. The maximum Gasteiger partial charge on any atom is 0.329 e. The average Bonchev–Trinajstić information content (AvgIpc) is 2.40. The van der Waals surface area contributed by atoms with E-state index in [1.807, 2.05) is 6.92 Å². The first-order valence-corrected chi connectivity index (χ1v) is 6.55. The first kappa shape index (κ1) is 16.9. The van der Waals surface area contributed by atoms with Gasteiger partial charge < -0.3 is 20.5 Å². The van der Waals surface area contributed by atoms with Crippen LogP contribution in [0.3, 0.4) is 0 Å². The predicted octanol–water partition coefficient (Wildman–Crippen LogP) is 1.16. The second-order valence-electron chi connectivity index (χ2n) is 4.58. The van der Waals surface area contributed by atoms with Crippen LogP contribution in [0.2, 0.25) is 0 Å². The second-order valence-corrected chi connectivity index (χ2v) is 4.58. The lowest BCUT2D eigenvalue weighted by Gasteiger charge is -2.14. The molecule has 0 aromatic heterocycles. The molecule has 7 heteroatoms. The van der Waals surface area contributed by atoms with Gasteiger partial charge in [0.15, 0.2) is 0 Å². The number of amides is 2. The number of carboxylic acid groups (broad SMARTS) is 1. The number of carboxylic acids is 1. The van der Waals surface area contributed by atoms with E-state index < -0.39 is 5.97 Å². The van der Waals surface area contributed by atoms with Crippen molar-refractivity contribution in [2.45, 2.75) is 19.4 Å². The molecule has 0 saturated carbocycles. The van der Waals surface area contributed by atoms with Crippen LogP contribution in [0.25, 0.3) is 0 Å². The minimum Gasteiger partial charge on any atom is -0.480 e. The maximum atomic E-state index is 12.8. The van der Waals surface area contributed by atoms with Crippen molar-refractivity contribution in [3.8, 4) is 0 Å². The number of carbonyl (C=O) groups is 2. The molecular weight excluding hydrogens is 279 g/mol. The molecule has 21 heavy (non-hydrogen) atoms. The van der Waals surface area contributed by atoms with Gasteiger partial charge in [-0.05, 0) is 31.0 Å². The lowest BCUT2D eigenvalue weighted by atomic mass is 10.1. The normalized spacial score (nSPS) is 11.7. The summed E-state index contributed by atoms with van der Waals surface area (Å²) < 4.78 is 17.5. The number of hydrogen-bond acceptors (Lipinski definition) is 3. The van der Waals surface area contributed by atoms with Gasteiger partial charge in [-0.1, -0.05) is 12.1 Å². The molecule has 0 radical (unpaired) electrons. The van der Waals surface area contributed by atoms with E-state index in [1.54, 1.807) is 12.1 Å². The summed E-state index contributed by atoms with van der Waals surface area (Å²) in [5.41, 5.74) is 0.925. The third-order valence-electron chi connectivity index (χ3n) is 2.59. The van der Waals surface area contributed by atoms with Crippen LogP contribution >= 0.6 is 0 Å². The van der Waals surface area contributed by atoms with E-state index in [9.17, 15) is 14.0 Å². The Morgan fingerprint density at radius 3 is 2.62 bits per heavy atom. The van der Waals surface area contributed by atoms with Crippen molar-refractivity contribution in [3.05, 3.63) is 35.6 Å². The van der Waals surface area contributed by atoms with E-state index in [-0.39, 0.29) is 37.6 Å². The summed E-state index contributed by atoms with van der Waals surface area (Å²) in [5.74, 6) is -1.34. The molecule has 0 aliphatic carbocycles. The zero-order valence-corrected chi connectivity index (χ0v) is 11.8. The molecule has 0 heterocycles. The van der Waals surface area contributed by atoms with Gasteiger partial charge in [-0.3, -0.25) is 0 Å². The van der Waals surface area contributed by atoms with Gasteiger partial charge in [0, 0.05) is 12.6 Å². The van der Waals surface area contributed by atoms with Crippen molar-refractivity contribution in [1.82, 2.24) is 10.6 Å². The Labute approximate surface area is 122 Å². The Balaban J connectivity index is 2.18. The maximum absolute atomic E-state index is 12.8. The summed E-state index contributed by atoms with van der Waals surface area (Å²) in [6, 6.07) is 5.62. The zero-order valence-electron chi connectivity index (χ0n) is 11.8. The fourth-order valence-corrected chi connectivity index (χ4v) is 1.70. The summed E-state index contributed by atoms with van der Waals surface area (Å²) in [7, 11) is 0. The van der Waals surface area contributed by atoms with Crippen LogP contribution in [0.15, 0.2) is 24.3 Å². The Hall–Kier alpha value is -2.15. The van der Waals surface area contributed by atoms with Crippen molar-refractivity contribution in [3.63, 3.8) is 0 Å². The largest absolute Gasteiger partial charge is 0.480 e. The van der Waals surface area contributed by atoms with Crippen LogP contribution in [0.4, 0.5) is 9.18 Å². The number of nitrogens with one attached hydrogen (secondary N) is 2. The van der Waals surface area contributed by atoms with Crippen molar-refractivity contribution in [1.29, 1.82) is 0 Å². The van der Waals surface area contributed by atoms with Crippen molar-refractivity contribution in [2.75, 3.05) is 19.8 Å². The van der Waals surface area contributed by atoms with Crippen LogP contribution in [-0.2, 0) is 16.0 Å². The fourth-order valence-electron chi connectivity index (χ4n) is 1.70. The van der Waals surface area contributed by atoms with E-state index in [4.69, 9.17) is 9.84 Å². The third kappa shape index (κ3) is 7.88. The van der Waals surface area contributed by atoms with Gasteiger partial charge in [0.25, 0.3) is 0 Å². The molecule has 1 atom stereocenters. The smallest absolute Gasteiger partial charge is 0.329 e. The number of hydrogen-bond donors (Lipinski definition) is 3.